The highest BCUT2D eigenvalue weighted by Crippen LogP contribution is 2.21. The molecule has 12 heavy (non-hydrogen) atoms. The van der Waals surface area contributed by atoms with Crippen LogP contribution in [0.2, 0.25) is 0 Å². The Balaban J connectivity index is 2.65. The van der Waals surface area contributed by atoms with Gasteiger partial charge in [-0.3, -0.25) is 5.32 Å². The molecule has 1 rings (SSSR count). The van der Waals surface area contributed by atoms with Crippen molar-refractivity contribution in [1.82, 2.24) is 5.32 Å². The number of alkyl halides is 1. The normalized spacial score (nSPS) is 37.4. The van der Waals surface area contributed by atoms with Gasteiger partial charge in [0.2, 0.25) is 0 Å². The van der Waals surface area contributed by atoms with Crippen LogP contribution in [0.3, 0.4) is 0 Å². The summed E-state index contributed by atoms with van der Waals surface area (Å²) in [7, 11) is 0. The molecule has 1 N–H and O–H groups in total. The molecule has 0 spiro atoms. The molecule has 1 saturated heterocycles. The van der Waals surface area contributed by atoms with Gasteiger partial charge in [-0.15, -0.1) is 5.73 Å². The monoisotopic (exact) mass is 279 g/mol. The fourth-order valence-corrected chi connectivity index (χ4v) is 2.01. The molecular weight excluding hydrogens is 265 g/mol. The third-order valence-corrected chi connectivity index (χ3v) is 2.60. The van der Waals surface area contributed by atoms with Crippen molar-refractivity contribution >= 4 is 22.6 Å². The predicted octanol–water partition coefficient (Wildman–Crippen LogP) is 1.85. The third-order valence-electron chi connectivity index (χ3n) is 1.89. The SMILES string of the molecule is C=C=CC1NC(C)OC1C(C)I. The molecule has 0 saturated carbocycles. The fourth-order valence-electron chi connectivity index (χ4n) is 1.39. The van der Waals surface area contributed by atoms with E-state index in [9.17, 15) is 0 Å². The van der Waals surface area contributed by atoms with Crippen molar-refractivity contribution in [2.24, 2.45) is 0 Å². The van der Waals surface area contributed by atoms with Crippen LogP contribution < -0.4 is 5.32 Å². The molecule has 0 bridgehead atoms. The van der Waals surface area contributed by atoms with Crippen LogP contribution in [0.1, 0.15) is 13.8 Å². The molecular formula is C9H14INO. The van der Waals surface area contributed by atoms with Gasteiger partial charge in [-0.25, -0.2) is 0 Å². The molecule has 3 heteroatoms. The van der Waals surface area contributed by atoms with Gasteiger partial charge in [0.05, 0.1) is 12.1 Å². The van der Waals surface area contributed by atoms with Gasteiger partial charge in [0.15, 0.2) is 0 Å². The Kier molecular flexibility index (Phi) is 3.77. The van der Waals surface area contributed by atoms with E-state index in [1.807, 2.05) is 13.0 Å². The average Bonchev–Trinajstić information content (AvgIpc) is 2.32. The minimum Gasteiger partial charge on any atom is -0.357 e. The first-order valence-electron chi connectivity index (χ1n) is 4.06. The third kappa shape index (κ3) is 2.33. The zero-order valence-corrected chi connectivity index (χ0v) is 9.54. The van der Waals surface area contributed by atoms with Gasteiger partial charge in [-0.05, 0) is 13.0 Å². The molecule has 4 atom stereocenters. The van der Waals surface area contributed by atoms with E-state index in [0.29, 0.717) is 3.92 Å². The summed E-state index contributed by atoms with van der Waals surface area (Å²) >= 11 is 2.38. The number of hydrogen-bond donors (Lipinski definition) is 1. The van der Waals surface area contributed by atoms with Gasteiger partial charge in [0.1, 0.15) is 6.23 Å². The highest BCUT2D eigenvalue weighted by Gasteiger charge is 2.33. The van der Waals surface area contributed by atoms with Crippen LogP contribution in [0.15, 0.2) is 18.4 Å². The highest BCUT2D eigenvalue weighted by atomic mass is 127. The minimum absolute atomic E-state index is 0.141. The second kappa shape index (κ2) is 4.42. The maximum absolute atomic E-state index is 5.67. The topological polar surface area (TPSA) is 21.3 Å². The van der Waals surface area contributed by atoms with Crippen molar-refractivity contribution < 1.29 is 4.74 Å². The highest BCUT2D eigenvalue weighted by molar-refractivity contribution is 14.1. The Morgan fingerprint density at radius 3 is 2.92 bits per heavy atom. The number of nitrogens with one attached hydrogen (secondary N) is 1. The van der Waals surface area contributed by atoms with Gasteiger partial charge in [-0.2, -0.15) is 0 Å². The largest absolute Gasteiger partial charge is 0.357 e. The van der Waals surface area contributed by atoms with E-state index >= 15 is 0 Å². The Hall–Kier alpha value is 0.170. The van der Waals surface area contributed by atoms with Crippen LogP contribution >= 0.6 is 22.6 Å². The number of halogens is 1. The molecule has 1 heterocycles. The zero-order valence-electron chi connectivity index (χ0n) is 7.38. The van der Waals surface area contributed by atoms with Crippen LogP contribution in [0.4, 0.5) is 0 Å². The molecule has 1 aliphatic heterocycles. The van der Waals surface area contributed by atoms with E-state index in [0.717, 1.165) is 0 Å². The molecule has 0 amide bonds. The van der Waals surface area contributed by atoms with E-state index < -0.39 is 0 Å². The number of ether oxygens (including phenoxy) is 1. The average molecular weight is 279 g/mol. The maximum Gasteiger partial charge on any atom is 0.106 e. The van der Waals surface area contributed by atoms with Gasteiger partial charge >= 0.3 is 0 Å². The standard InChI is InChI=1S/C9H14INO/c1-4-5-8-9(6(2)10)12-7(3)11-8/h5-9,11H,1H2,2-3H3. The summed E-state index contributed by atoms with van der Waals surface area (Å²) in [5, 5.41) is 3.30. The summed E-state index contributed by atoms with van der Waals surface area (Å²) in [6.07, 6.45) is 2.32. The smallest absolute Gasteiger partial charge is 0.106 e. The van der Waals surface area contributed by atoms with E-state index in [1.54, 1.807) is 0 Å². The van der Waals surface area contributed by atoms with Crippen molar-refractivity contribution in [1.29, 1.82) is 0 Å². The lowest BCUT2D eigenvalue weighted by atomic mass is 10.1. The second-order valence-corrected chi connectivity index (χ2v) is 4.95. The summed E-state index contributed by atoms with van der Waals surface area (Å²) in [4.78, 5) is 0. The summed E-state index contributed by atoms with van der Waals surface area (Å²) in [5.41, 5.74) is 2.79. The lowest BCUT2D eigenvalue weighted by molar-refractivity contribution is 0.0537. The van der Waals surface area contributed by atoms with Crippen LogP contribution in [-0.4, -0.2) is 22.3 Å². The van der Waals surface area contributed by atoms with Gasteiger partial charge in [0.25, 0.3) is 0 Å². The Morgan fingerprint density at radius 2 is 2.42 bits per heavy atom. The van der Waals surface area contributed by atoms with E-state index in [-0.39, 0.29) is 18.4 Å². The zero-order chi connectivity index (χ0) is 9.14. The van der Waals surface area contributed by atoms with Crippen molar-refractivity contribution in [3.63, 3.8) is 0 Å². The number of rotatable bonds is 2. The van der Waals surface area contributed by atoms with E-state index in [4.69, 9.17) is 4.74 Å². The van der Waals surface area contributed by atoms with Crippen LogP contribution in [-0.2, 0) is 4.74 Å². The van der Waals surface area contributed by atoms with E-state index in [1.165, 1.54) is 0 Å². The van der Waals surface area contributed by atoms with Crippen molar-refractivity contribution in [2.45, 2.75) is 36.1 Å². The summed E-state index contributed by atoms with van der Waals surface area (Å²) in [6.45, 7) is 7.73. The van der Waals surface area contributed by atoms with Gasteiger partial charge in [-0.1, -0.05) is 36.1 Å². The van der Waals surface area contributed by atoms with Crippen molar-refractivity contribution in [3.8, 4) is 0 Å². The molecule has 1 fully saturated rings. The van der Waals surface area contributed by atoms with Crippen LogP contribution in [0.25, 0.3) is 0 Å². The van der Waals surface area contributed by atoms with E-state index in [2.05, 4.69) is 47.1 Å². The second-order valence-electron chi connectivity index (χ2n) is 2.98. The quantitative estimate of drug-likeness (QED) is 0.473. The fraction of sp³-hybridized carbons (Fsp3) is 0.667. The van der Waals surface area contributed by atoms with Gasteiger partial charge < -0.3 is 4.74 Å². The summed E-state index contributed by atoms with van der Waals surface area (Å²) in [6, 6.07) is 0.268. The first kappa shape index (κ1) is 10.3. The molecule has 1 aliphatic rings. The predicted molar refractivity (Wildman–Crippen MR) is 58.5 cm³/mol. The molecule has 0 aromatic rings. The maximum atomic E-state index is 5.67. The van der Waals surface area contributed by atoms with Crippen LogP contribution in [0, 0.1) is 0 Å². The molecule has 0 aromatic heterocycles. The molecule has 0 aliphatic carbocycles. The van der Waals surface area contributed by atoms with Gasteiger partial charge in [0, 0.05) is 3.92 Å². The summed E-state index contributed by atoms with van der Waals surface area (Å²) in [5.74, 6) is 0. The van der Waals surface area contributed by atoms with Crippen molar-refractivity contribution in [2.75, 3.05) is 0 Å². The first-order valence-corrected chi connectivity index (χ1v) is 5.31. The summed E-state index contributed by atoms with van der Waals surface area (Å²) < 4.78 is 6.17. The van der Waals surface area contributed by atoms with Crippen LogP contribution in [0.5, 0.6) is 0 Å². The Labute approximate surface area is 87.2 Å². The molecule has 0 radical (unpaired) electrons. The molecule has 2 nitrogen and oxygen atoms in total. The minimum atomic E-state index is 0.141. The lowest BCUT2D eigenvalue weighted by Crippen LogP contribution is -2.33. The van der Waals surface area contributed by atoms with Crippen molar-refractivity contribution in [3.05, 3.63) is 18.4 Å². The Bertz CT molecular complexity index is 199. The Morgan fingerprint density at radius 1 is 1.75 bits per heavy atom. The first-order chi connectivity index (χ1) is 5.65. The molecule has 4 unspecified atom stereocenters. The molecule has 0 aromatic carbocycles. The molecule has 68 valence electrons. The lowest BCUT2D eigenvalue weighted by Gasteiger charge is -2.16. The number of hydrogen-bond acceptors (Lipinski definition) is 2.